The highest BCUT2D eigenvalue weighted by Gasteiger charge is 2.48. The van der Waals surface area contributed by atoms with Gasteiger partial charge in [-0.05, 0) is 12.1 Å². The van der Waals surface area contributed by atoms with E-state index in [-0.39, 0.29) is 5.91 Å². The number of anilines is 1. The molecule has 1 aliphatic rings. The molecule has 0 aliphatic carbocycles. The second-order valence-electron chi connectivity index (χ2n) is 5.33. The monoisotopic (exact) mass is 302 g/mol. The summed E-state index contributed by atoms with van der Waals surface area (Å²) >= 11 is 0. The van der Waals surface area contributed by atoms with Crippen LogP contribution in [0.3, 0.4) is 0 Å². The molecule has 2 aromatic carbocycles. The summed E-state index contributed by atoms with van der Waals surface area (Å²) in [6.07, 6.45) is 1.65. The van der Waals surface area contributed by atoms with Gasteiger partial charge in [0.15, 0.2) is 0 Å². The zero-order chi connectivity index (χ0) is 15.7. The lowest BCUT2D eigenvalue weighted by molar-refractivity contribution is -0.130. The number of hydrogen-bond acceptors (Lipinski definition) is 3. The predicted octanol–water partition coefficient (Wildman–Crippen LogP) is 3.36. The Morgan fingerprint density at radius 3 is 2.04 bits per heavy atom. The number of carbonyl (C=O) groups is 1. The third kappa shape index (κ3) is 2.07. The number of amides is 1. The Bertz CT molecular complexity index is 808. The van der Waals surface area contributed by atoms with Gasteiger partial charge in [0.2, 0.25) is 11.5 Å². The van der Waals surface area contributed by atoms with Crippen LogP contribution in [0.25, 0.3) is 0 Å². The van der Waals surface area contributed by atoms with E-state index in [1.807, 2.05) is 60.7 Å². The largest absolute Gasteiger partial charge is 0.449 e. The fraction of sp³-hybridized carbons (Fsp3) is 0.0526. The standard InChI is InChI=1S/C19H14N2O2/c22-18-19(14-8-3-1-4-9-14,15-10-5-2-6-11-15)23-17-16(21-18)12-7-13-20-17/h1-13H,(H,21,22). The lowest BCUT2D eigenvalue weighted by Crippen LogP contribution is -2.49. The van der Waals surface area contributed by atoms with E-state index in [1.165, 1.54) is 0 Å². The van der Waals surface area contributed by atoms with Gasteiger partial charge in [-0.2, -0.15) is 0 Å². The van der Waals surface area contributed by atoms with E-state index >= 15 is 0 Å². The molecular formula is C19H14N2O2. The zero-order valence-electron chi connectivity index (χ0n) is 12.3. The predicted molar refractivity (Wildman–Crippen MR) is 87.2 cm³/mol. The lowest BCUT2D eigenvalue weighted by atomic mass is 9.84. The van der Waals surface area contributed by atoms with Gasteiger partial charge in [-0.3, -0.25) is 4.79 Å². The number of benzene rings is 2. The highest BCUT2D eigenvalue weighted by atomic mass is 16.5. The molecule has 4 nitrogen and oxygen atoms in total. The molecule has 23 heavy (non-hydrogen) atoms. The van der Waals surface area contributed by atoms with Gasteiger partial charge >= 0.3 is 0 Å². The molecular weight excluding hydrogens is 288 g/mol. The van der Waals surface area contributed by atoms with Crippen LogP contribution in [0.2, 0.25) is 0 Å². The molecule has 1 aliphatic heterocycles. The summed E-state index contributed by atoms with van der Waals surface area (Å²) in [5, 5.41) is 2.92. The molecule has 0 unspecified atom stereocenters. The summed E-state index contributed by atoms with van der Waals surface area (Å²) in [4.78, 5) is 17.3. The fourth-order valence-electron chi connectivity index (χ4n) is 2.86. The number of ether oxygens (including phenoxy) is 1. The number of nitrogens with zero attached hydrogens (tertiary/aromatic N) is 1. The first-order chi connectivity index (χ1) is 11.3. The Balaban J connectivity index is 1.96. The van der Waals surface area contributed by atoms with Gasteiger partial charge in [0, 0.05) is 17.3 Å². The zero-order valence-corrected chi connectivity index (χ0v) is 12.3. The quantitative estimate of drug-likeness (QED) is 0.789. The summed E-state index contributed by atoms with van der Waals surface area (Å²) in [7, 11) is 0. The summed E-state index contributed by atoms with van der Waals surface area (Å²) in [6, 6.07) is 22.5. The van der Waals surface area contributed by atoms with Gasteiger partial charge in [-0.1, -0.05) is 60.7 Å². The fourth-order valence-corrected chi connectivity index (χ4v) is 2.86. The SMILES string of the molecule is O=C1Nc2cccnc2OC1(c1ccccc1)c1ccccc1. The van der Waals surface area contributed by atoms with Crippen LogP contribution in [-0.2, 0) is 10.4 Å². The highest BCUT2D eigenvalue weighted by Crippen LogP contribution is 2.41. The minimum atomic E-state index is -1.25. The van der Waals surface area contributed by atoms with E-state index in [0.717, 1.165) is 11.1 Å². The molecule has 1 N–H and O–H groups in total. The molecule has 1 aromatic heterocycles. The van der Waals surface area contributed by atoms with Crippen molar-refractivity contribution in [1.29, 1.82) is 0 Å². The lowest BCUT2D eigenvalue weighted by Gasteiger charge is -2.37. The van der Waals surface area contributed by atoms with Crippen molar-refractivity contribution in [2.45, 2.75) is 5.60 Å². The van der Waals surface area contributed by atoms with Crippen LogP contribution < -0.4 is 10.1 Å². The molecule has 0 fully saturated rings. The molecule has 112 valence electrons. The van der Waals surface area contributed by atoms with E-state index < -0.39 is 5.60 Å². The number of carbonyl (C=O) groups excluding carboxylic acids is 1. The van der Waals surface area contributed by atoms with Gasteiger partial charge in [-0.15, -0.1) is 0 Å². The van der Waals surface area contributed by atoms with Crippen LogP contribution in [-0.4, -0.2) is 10.9 Å². The van der Waals surface area contributed by atoms with Gasteiger partial charge in [0.25, 0.3) is 5.91 Å². The average Bonchev–Trinajstić information content (AvgIpc) is 2.62. The highest BCUT2D eigenvalue weighted by molar-refractivity contribution is 6.03. The van der Waals surface area contributed by atoms with E-state index in [2.05, 4.69) is 10.3 Å². The topological polar surface area (TPSA) is 51.2 Å². The number of hydrogen-bond donors (Lipinski definition) is 1. The minimum absolute atomic E-state index is 0.226. The van der Waals surface area contributed by atoms with E-state index in [1.54, 1.807) is 18.3 Å². The van der Waals surface area contributed by atoms with E-state index in [9.17, 15) is 4.79 Å². The number of rotatable bonds is 2. The molecule has 0 saturated carbocycles. The van der Waals surface area contributed by atoms with Crippen molar-refractivity contribution >= 4 is 11.6 Å². The Kier molecular flexibility index (Phi) is 3.08. The van der Waals surface area contributed by atoms with Crippen molar-refractivity contribution in [2.75, 3.05) is 5.32 Å². The third-order valence-corrected chi connectivity index (χ3v) is 3.95. The molecule has 2 heterocycles. The first kappa shape index (κ1) is 13.5. The Morgan fingerprint density at radius 2 is 1.43 bits per heavy atom. The molecule has 4 heteroatoms. The molecule has 4 rings (SSSR count). The Labute approximate surface area is 133 Å². The van der Waals surface area contributed by atoms with Gasteiger partial charge in [0.05, 0.1) is 0 Å². The molecule has 1 amide bonds. The smallest absolute Gasteiger partial charge is 0.278 e. The number of aromatic nitrogens is 1. The van der Waals surface area contributed by atoms with Crippen LogP contribution >= 0.6 is 0 Å². The summed E-state index contributed by atoms with van der Waals surface area (Å²) in [6.45, 7) is 0. The summed E-state index contributed by atoms with van der Waals surface area (Å²) < 4.78 is 6.18. The average molecular weight is 302 g/mol. The van der Waals surface area contributed by atoms with E-state index in [4.69, 9.17) is 4.74 Å². The summed E-state index contributed by atoms with van der Waals surface area (Å²) in [5.41, 5.74) is 0.865. The van der Waals surface area contributed by atoms with Crippen molar-refractivity contribution in [3.05, 3.63) is 90.1 Å². The molecule has 0 saturated heterocycles. The number of pyridine rings is 1. The van der Waals surface area contributed by atoms with E-state index in [0.29, 0.717) is 11.6 Å². The van der Waals surface area contributed by atoms with Crippen molar-refractivity contribution in [3.63, 3.8) is 0 Å². The number of nitrogens with one attached hydrogen (secondary N) is 1. The normalized spacial score (nSPS) is 15.2. The second-order valence-corrected chi connectivity index (χ2v) is 5.33. The molecule has 0 bridgehead atoms. The van der Waals surface area contributed by atoms with Crippen LogP contribution in [0, 0.1) is 0 Å². The molecule has 0 atom stereocenters. The third-order valence-electron chi connectivity index (χ3n) is 3.95. The van der Waals surface area contributed by atoms with Gasteiger partial charge in [-0.25, -0.2) is 4.98 Å². The Hall–Kier alpha value is -3.14. The van der Waals surface area contributed by atoms with Crippen molar-refractivity contribution < 1.29 is 9.53 Å². The van der Waals surface area contributed by atoms with Crippen molar-refractivity contribution in [1.82, 2.24) is 4.98 Å². The Morgan fingerprint density at radius 1 is 0.826 bits per heavy atom. The van der Waals surface area contributed by atoms with Crippen molar-refractivity contribution in [2.24, 2.45) is 0 Å². The van der Waals surface area contributed by atoms with Crippen LogP contribution in [0.4, 0.5) is 5.69 Å². The van der Waals surface area contributed by atoms with Crippen molar-refractivity contribution in [3.8, 4) is 5.88 Å². The van der Waals surface area contributed by atoms with Gasteiger partial charge < -0.3 is 10.1 Å². The maximum Gasteiger partial charge on any atom is 0.278 e. The van der Waals surface area contributed by atoms with Crippen LogP contribution in [0.5, 0.6) is 5.88 Å². The first-order valence-electron chi connectivity index (χ1n) is 7.37. The number of fused-ring (bicyclic) bond motifs is 1. The minimum Gasteiger partial charge on any atom is -0.449 e. The van der Waals surface area contributed by atoms with Gasteiger partial charge in [0.1, 0.15) is 5.69 Å². The summed E-state index contributed by atoms with van der Waals surface area (Å²) in [5.74, 6) is 0.190. The maximum absolute atomic E-state index is 13.0. The first-order valence-corrected chi connectivity index (χ1v) is 7.37. The second kappa shape index (κ2) is 5.25. The van der Waals surface area contributed by atoms with Crippen LogP contribution in [0.1, 0.15) is 11.1 Å². The van der Waals surface area contributed by atoms with Crippen LogP contribution in [0.15, 0.2) is 79.0 Å². The molecule has 0 spiro atoms. The molecule has 0 radical (unpaired) electrons. The maximum atomic E-state index is 13.0. The molecule has 3 aromatic rings.